The van der Waals surface area contributed by atoms with Gasteiger partial charge in [0.05, 0.1) is 5.41 Å². The molecule has 4 rings (SSSR count). The topological polar surface area (TPSA) is 65.9 Å². The van der Waals surface area contributed by atoms with Gasteiger partial charge in [0.15, 0.2) is 0 Å². The molecule has 1 aromatic rings. The summed E-state index contributed by atoms with van der Waals surface area (Å²) in [5, 5.41) is 9.98. The van der Waals surface area contributed by atoms with Gasteiger partial charge in [-0.15, -0.1) is 0 Å². The molecule has 6 nitrogen and oxygen atoms in total. The van der Waals surface area contributed by atoms with Crippen LogP contribution in [-0.4, -0.2) is 71.3 Å². The Bertz CT molecular complexity index is 590. The molecule has 3 aliphatic heterocycles. The van der Waals surface area contributed by atoms with Gasteiger partial charge in [-0.1, -0.05) is 6.07 Å². The van der Waals surface area contributed by atoms with E-state index in [1.807, 2.05) is 12.3 Å². The fourth-order valence-electron chi connectivity index (χ4n) is 4.71. The molecule has 0 aliphatic carbocycles. The van der Waals surface area contributed by atoms with Gasteiger partial charge < -0.3 is 9.84 Å². The summed E-state index contributed by atoms with van der Waals surface area (Å²) in [5.74, 6) is -0.412. The molecule has 3 aliphatic rings. The van der Waals surface area contributed by atoms with E-state index in [0.29, 0.717) is 19.1 Å². The van der Waals surface area contributed by atoms with E-state index < -0.39 is 11.4 Å². The first kappa shape index (κ1) is 16.0. The summed E-state index contributed by atoms with van der Waals surface area (Å²) in [6.45, 7) is 5.49. The third kappa shape index (κ3) is 2.83. The summed E-state index contributed by atoms with van der Waals surface area (Å²) in [4.78, 5) is 21.0. The average Bonchev–Trinajstić information content (AvgIpc) is 3.11. The Morgan fingerprint density at radius 1 is 1.33 bits per heavy atom. The second kappa shape index (κ2) is 6.43. The Morgan fingerprint density at radius 3 is 2.83 bits per heavy atom. The number of likely N-dealkylation sites (tertiary alicyclic amines) is 2. The monoisotopic (exact) mass is 331 g/mol. The van der Waals surface area contributed by atoms with Crippen molar-refractivity contribution < 1.29 is 14.6 Å². The van der Waals surface area contributed by atoms with Gasteiger partial charge in [-0.05, 0) is 24.5 Å². The number of carboxylic acid groups (broad SMARTS) is 1. The van der Waals surface area contributed by atoms with Crippen molar-refractivity contribution in [2.45, 2.75) is 25.4 Å². The predicted octanol–water partition coefficient (Wildman–Crippen LogP) is 1.08. The molecule has 0 unspecified atom stereocenters. The van der Waals surface area contributed by atoms with E-state index in [0.717, 1.165) is 51.3 Å². The summed E-state index contributed by atoms with van der Waals surface area (Å²) in [6, 6.07) is 4.49. The number of pyridine rings is 1. The number of aromatic nitrogens is 1. The molecule has 2 atom stereocenters. The van der Waals surface area contributed by atoms with E-state index in [9.17, 15) is 9.90 Å². The maximum absolute atomic E-state index is 12.1. The van der Waals surface area contributed by atoms with Gasteiger partial charge >= 0.3 is 5.97 Å². The Morgan fingerprint density at radius 2 is 2.17 bits per heavy atom. The molecule has 24 heavy (non-hydrogen) atoms. The maximum atomic E-state index is 12.1. The van der Waals surface area contributed by atoms with Gasteiger partial charge in [-0.3, -0.25) is 19.6 Å². The first-order valence-electron chi connectivity index (χ1n) is 8.84. The summed E-state index contributed by atoms with van der Waals surface area (Å²) < 4.78 is 5.45. The van der Waals surface area contributed by atoms with E-state index in [1.54, 1.807) is 6.20 Å². The predicted molar refractivity (Wildman–Crippen MR) is 88.5 cm³/mol. The van der Waals surface area contributed by atoms with Crippen LogP contribution in [0.2, 0.25) is 0 Å². The molecule has 0 saturated carbocycles. The largest absolute Gasteiger partial charge is 0.481 e. The van der Waals surface area contributed by atoms with Crippen LogP contribution in [0.25, 0.3) is 0 Å². The fraction of sp³-hybridized carbons (Fsp3) is 0.667. The van der Waals surface area contributed by atoms with Gasteiger partial charge in [0.1, 0.15) is 0 Å². The first-order chi connectivity index (χ1) is 11.7. The van der Waals surface area contributed by atoms with Crippen LogP contribution in [-0.2, 0) is 16.1 Å². The molecule has 0 bridgehead atoms. The summed E-state index contributed by atoms with van der Waals surface area (Å²) in [6.07, 6.45) is 5.70. The molecule has 3 saturated heterocycles. The molecule has 6 heteroatoms. The molecule has 130 valence electrons. The highest BCUT2D eigenvalue weighted by molar-refractivity contribution is 5.77. The second-order valence-corrected chi connectivity index (χ2v) is 7.46. The Labute approximate surface area is 142 Å². The van der Waals surface area contributed by atoms with Gasteiger partial charge in [0.25, 0.3) is 0 Å². The van der Waals surface area contributed by atoms with Crippen molar-refractivity contribution in [3.63, 3.8) is 0 Å². The number of carboxylic acids is 1. The molecule has 3 fully saturated rings. The van der Waals surface area contributed by atoms with Crippen molar-refractivity contribution in [3.05, 3.63) is 30.1 Å². The van der Waals surface area contributed by atoms with Crippen molar-refractivity contribution in [2.75, 3.05) is 39.4 Å². The third-order valence-corrected chi connectivity index (χ3v) is 5.97. The third-order valence-electron chi connectivity index (χ3n) is 5.97. The fourth-order valence-corrected chi connectivity index (χ4v) is 4.71. The van der Waals surface area contributed by atoms with Crippen LogP contribution >= 0.6 is 0 Å². The van der Waals surface area contributed by atoms with Crippen LogP contribution < -0.4 is 0 Å². The Kier molecular flexibility index (Phi) is 4.28. The minimum absolute atomic E-state index is 0.217. The molecule has 0 aromatic carbocycles. The highest BCUT2D eigenvalue weighted by Gasteiger charge is 2.58. The van der Waals surface area contributed by atoms with Crippen LogP contribution in [0, 0.1) is 11.3 Å². The average molecular weight is 331 g/mol. The number of ether oxygens (including phenoxy) is 1. The lowest BCUT2D eigenvalue weighted by Crippen LogP contribution is -2.44. The first-order valence-corrected chi connectivity index (χ1v) is 8.84. The maximum Gasteiger partial charge on any atom is 0.312 e. The Hall–Kier alpha value is -1.50. The number of carbonyl (C=O) groups is 1. The van der Waals surface area contributed by atoms with E-state index in [4.69, 9.17) is 4.74 Å². The lowest BCUT2D eigenvalue weighted by molar-refractivity contribution is -0.149. The minimum atomic E-state index is -0.629. The van der Waals surface area contributed by atoms with Crippen molar-refractivity contribution in [3.8, 4) is 0 Å². The standard InChI is InChI=1S/C18H25N3O3/c22-17(23)18-12-20(9-14-2-1-5-19-8-14)10-15(18)11-21(13-18)16-3-6-24-7-4-16/h1-2,5,8,15-16H,3-4,6-7,9-13H2,(H,22,23)/t15-,18-/m1/s1. The van der Waals surface area contributed by atoms with Crippen LogP contribution in [0.5, 0.6) is 0 Å². The second-order valence-electron chi connectivity index (χ2n) is 7.46. The van der Waals surface area contributed by atoms with Crippen LogP contribution in [0.15, 0.2) is 24.5 Å². The summed E-state index contributed by atoms with van der Waals surface area (Å²) >= 11 is 0. The molecule has 1 aromatic heterocycles. The molecule has 0 spiro atoms. The quantitative estimate of drug-likeness (QED) is 0.891. The van der Waals surface area contributed by atoms with Crippen molar-refractivity contribution in [1.29, 1.82) is 0 Å². The highest BCUT2D eigenvalue weighted by atomic mass is 16.5. The van der Waals surface area contributed by atoms with Gasteiger partial charge in [-0.2, -0.15) is 0 Å². The van der Waals surface area contributed by atoms with Crippen molar-refractivity contribution in [2.24, 2.45) is 11.3 Å². The number of aliphatic carboxylic acids is 1. The Balaban J connectivity index is 1.46. The molecule has 4 heterocycles. The lowest BCUT2D eigenvalue weighted by atomic mass is 9.81. The van der Waals surface area contributed by atoms with Crippen LogP contribution in [0.3, 0.4) is 0 Å². The van der Waals surface area contributed by atoms with Crippen molar-refractivity contribution in [1.82, 2.24) is 14.8 Å². The number of hydrogen-bond donors (Lipinski definition) is 1. The zero-order valence-electron chi connectivity index (χ0n) is 13.9. The number of hydrogen-bond acceptors (Lipinski definition) is 5. The summed E-state index contributed by atoms with van der Waals surface area (Å²) in [5.41, 5.74) is 0.542. The van der Waals surface area contributed by atoms with Gasteiger partial charge in [0.2, 0.25) is 0 Å². The van der Waals surface area contributed by atoms with Gasteiger partial charge in [-0.25, -0.2) is 0 Å². The molecular formula is C18H25N3O3. The van der Waals surface area contributed by atoms with Crippen LogP contribution in [0.1, 0.15) is 18.4 Å². The molecular weight excluding hydrogens is 306 g/mol. The van der Waals surface area contributed by atoms with Crippen molar-refractivity contribution >= 4 is 5.97 Å². The number of fused-ring (bicyclic) bond motifs is 1. The van der Waals surface area contributed by atoms with Gasteiger partial charge in [0, 0.05) is 70.3 Å². The summed E-state index contributed by atoms with van der Waals surface area (Å²) in [7, 11) is 0. The smallest absolute Gasteiger partial charge is 0.312 e. The zero-order valence-corrected chi connectivity index (χ0v) is 13.9. The minimum Gasteiger partial charge on any atom is -0.481 e. The van der Waals surface area contributed by atoms with E-state index in [1.165, 1.54) is 0 Å². The lowest BCUT2D eigenvalue weighted by Gasteiger charge is -2.33. The number of rotatable bonds is 4. The highest BCUT2D eigenvalue weighted by Crippen LogP contribution is 2.44. The van der Waals surface area contributed by atoms with E-state index in [2.05, 4.69) is 20.9 Å². The van der Waals surface area contributed by atoms with Crippen LogP contribution in [0.4, 0.5) is 0 Å². The molecule has 0 radical (unpaired) electrons. The number of nitrogens with zero attached hydrogens (tertiary/aromatic N) is 3. The van der Waals surface area contributed by atoms with E-state index in [-0.39, 0.29) is 5.92 Å². The molecule has 0 amide bonds. The zero-order chi connectivity index (χ0) is 16.6. The SMILES string of the molecule is O=C(O)[C@@]12CN(Cc3cccnc3)C[C@@H]1CN(C1CCOCC1)C2. The van der Waals surface area contributed by atoms with E-state index >= 15 is 0 Å². The molecule has 1 N–H and O–H groups in total. The normalized spacial score (nSPS) is 32.1.